The topological polar surface area (TPSA) is 46.3 Å². The van der Waals surface area contributed by atoms with E-state index in [1.165, 1.54) is 4.90 Å². The standard InChI is InChI=1S/C12H12ClF3N2O/c1-11(17)5-18(6-11)10(19)8-3-2-7(4-9(8)13)12(14,15)16/h2-4H,5-6,17H2,1H3. The molecule has 2 rings (SSSR count). The van der Waals surface area contributed by atoms with E-state index in [-0.39, 0.29) is 10.6 Å². The van der Waals surface area contributed by atoms with Gasteiger partial charge in [-0.1, -0.05) is 11.6 Å². The van der Waals surface area contributed by atoms with Gasteiger partial charge in [0.2, 0.25) is 0 Å². The molecule has 1 aliphatic rings. The van der Waals surface area contributed by atoms with E-state index < -0.39 is 23.2 Å². The van der Waals surface area contributed by atoms with Crippen molar-refractivity contribution in [3.8, 4) is 0 Å². The van der Waals surface area contributed by atoms with Gasteiger partial charge in [-0.25, -0.2) is 0 Å². The Morgan fingerprint density at radius 3 is 2.42 bits per heavy atom. The fraction of sp³-hybridized carbons (Fsp3) is 0.417. The molecule has 0 radical (unpaired) electrons. The molecule has 1 heterocycles. The number of hydrogen-bond donors (Lipinski definition) is 1. The second-order valence-corrected chi connectivity index (χ2v) is 5.41. The molecule has 2 N–H and O–H groups in total. The molecule has 0 aliphatic carbocycles. The van der Waals surface area contributed by atoms with Crippen molar-refractivity contribution in [1.29, 1.82) is 0 Å². The van der Waals surface area contributed by atoms with Crippen molar-refractivity contribution in [2.45, 2.75) is 18.6 Å². The highest BCUT2D eigenvalue weighted by Crippen LogP contribution is 2.33. The zero-order chi connectivity index (χ0) is 14.4. The largest absolute Gasteiger partial charge is 0.416 e. The van der Waals surface area contributed by atoms with Gasteiger partial charge in [-0.15, -0.1) is 0 Å². The molecule has 1 aromatic carbocycles. The maximum absolute atomic E-state index is 12.5. The molecule has 0 spiro atoms. The molecular formula is C12H12ClF3N2O. The highest BCUT2D eigenvalue weighted by Gasteiger charge is 2.39. The smallest absolute Gasteiger partial charge is 0.335 e. The molecule has 0 bridgehead atoms. The Morgan fingerprint density at radius 1 is 1.42 bits per heavy atom. The van der Waals surface area contributed by atoms with E-state index >= 15 is 0 Å². The van der Waals surface area contributed by atoms with E-state index in [2.05, 4.69) is 0 Å². The average Bonchev–Trinajstić information content (AvgIpc) is 2.23. The van der Waals surface area contributed by atoms with E-state index in [1.807, 2.05) is 0 Å². The predicted octanol–water partition coefficient (Wildman–Crippen LogP) is 2.53. The van der Waals surface area contributed by atoms with Gasteiger partial charge in [-0.2, -0.15) is 13.2 Å². The molecule has 1 amide bonds. The van der Waals surface area contributed by atoms with Gasteiger partial charge in [0.25, 0.3) is 5.91 Å². The normalized spacial score (nSPS) is 18.1. The summed E-state index contributed by atoms with van der Waals surface area (Å²) in [5.74, 6) is -0.401. The van der Waals surface area contributed by atoms with Crippen molar-refractivity contribution in [3.63, 3.8) is 0 Å². The molecule has 3 nitrogen and oxygen atoms in total. The second-order valence-electron chi connectivity index (χ2n) is 5.01. The Kier molecular flexibility index (Phi) is 3.26. The number of carbonyl (C=O) groups is 1. The number of hydrogen-bond acceptors (Lipinski definition) is 2. The third kappa shape index (κ3) is 2.84. The lowest BCUT2D eigenvalue weighted by Gasteiger charge is -2.45. The van der Waals surface area contributed by atoms with E-state index in [0.29, 0.717) is 13.1 Å². The molecule has 1 fully saturated rings. The summed E-state index contributed by atoms with van der Waals surface area (Å²) in [5, 5.41) is -0.203. The van der Waals surface area contributed by atoms with E-state index in [0.717, 1.165) is 18.2 Å². The second kappa shape index (κ2) is 4.38. The SMILES string of the molecule is CC1(N)CN(C(=O)c2ccc(C(F)(F)F)cc2Cl)C1. The van der Waals surface area contributed by atoms with Crippen LogP contribution in [0.3, 0.4) is 0 Å². The molecular weight excluding hydrogens is 281 g/mol. The van der Waals surface area contributed by atoms with Gasteiger partial charge < -0.3 is 10.6 Å². The lowest BCUT2D eigenvalue weighted by molar-refractivity contribution is -0.137. The zero-order valence-corrected chi connectivity index (χ0v) is 10.8. The number of carbonyl (C=O) groups excluding carboxylic acids is 1. The molecule has 0 unspecified atom stereocenters. The third-order valence-corrected chi connectivity index (χ3v) is 3.23. The number of halogens is 4. The van der Waals surface area contributed by atoms with Crippen LogP contribution < -0.4 is 5.73 Å². The molecule has 0 saturated carbocycles. The van der Waals surface area contributed by atoms with Crippen molar-refractivity contribution < 1.29 is 18.0 Å². The summed E-state index contributed by atoms with van der Waals surface area (Å²) in [5.41, 5.74) is 4.52. The first-order chi connectivity index (χ1) is 8.60. The Hall–Kier alpha value is -1.27. The van der Waals surface area contributed by atoms with Crippen LogP contribution in [0, 0.1) is 0 Å². The van der Waals surface area contributed by atoms with Crippen LogP contribution in [0.15, 0.2) is 18.2 Å². The Morgan fingerprint density at radius 2 is 2.00 bits per heavy atom. The Bertz CT molecular complexity index is 520. The van der Waals surface area contributed by atoms with Gasteiger partial charge in [0.1, 0.15) is 0 Å². The van der Waals surface area contributed by atoms with Crippen LogP contribution in [-0.2, 0) is 6.18 Å². The summed E-state index contributed by atoms with van der Waals surface area (Å²) in [7, 11) is 0. The number of alkyl halides is 3. The summed E-state index contributed by atoms with van der Waals surface area (Å²) in [6, 6.07) is 2.70. The average molecular weight is 293 g/mol. The number of nitrogens with two attached hydrogens (primary N) is 1. The van der Waals surface area contributed by atoms with Crippen LogP contribution in [-0.4, -0.2) is 29.4 Å². The molecule has 104 valence electrons. The van der Waals surface area contributed by atoms with Gasteiger partial charge in [-0.3, -0.25) is 4.79 Å². The number of nitrogens with zero attached hydrogens (tertiary/aromatic N) is 1. The monoisotopic (exact) mass is 292 g/mol. The quantitative estimate of drug-likeness (QED) is 0.864. The first kappa shape index (κ1) is 14.1. The van der Waals surface area contributed by atoms with Crippen LogP contribution in [0.1, 0.15) is 22.8 Å². The first-order valence-corrected chi connectivity index (χ1v) is 5.93. The third-order valence-electron chi connectivity index (χ3n) is 2.92. The van der Waals surface area contributed by atoms with Gasteiger partial charge in [0.05, 0.1) is 16.1 Å². The van der Waals surface area contributed by atoms with Crippen molar-refractivity contribution in [2.24, 2.45) is 5.73 Å². The van der Waals surface area contributed by atoms with Crippen LogP contribution in [0.4, 0.5) is 13.2 Å². The van der Waals surface area contributed by atoms with Gasteiger partial charge in [0, 0.05) is 18.6 Å². The van der Waals surface area contributed by atoms with E-state index in [9.17, 15) is 18.0 Å². The van der Waals surface area contributed by atoms with E-state index in [4.69, 9.17) is 17.3 Å². The summed E-state index contributed by atoms with van der Waals surface area (Å²) in [6.45, 7) is 2.53. The van der Waals surface area contributed by atoms with Crippen LogP contribution in [0.2, 0.25) is 5.02 Å². The fourth-order valence-corrected chi connectivity index (χ4v) is 2.27. The highest BCUT2D eigenvalue weighted by atomic mass is 35.5. The molecule has 1 saturated heterocycles. The molecule has 0 atom stereocenters. The van der Waals surface area contributed by atoms with E-state index in [1.54, 1.807) is 6.92 Å². The van der Waals surface area contributed by atoms with Crippen LogP contribution in [0.5, 0.6) is 0 Å². The zero-order valence-electron chi connectivity index (χ0n) is 10.1. The number of benzene rings is 1. The Balaban J connectivity index is 2.20. The molecule has 1 aromatic rings. The molecule has 19 heavy (non-hydrogen) atoms. The van der Waals surface area contributed by atoms with Gasteiger partial charge in [-0.05, 0) is 25.1 Å². The lowest BCUT2D eigenvalue weighted by Crippen LogP contribution is -2.66. The molecule has 1 aliphatic heterocycles. The minimum Gasteiger partial charge on any atom is -0.335 e. The fourth-order valence-electron chi connectivity index (χ4n) is 2.00. The van der Waals surface area contributed by atoms with Gasteiger partial charge in [0.15, 0.2) is 0 Å². The highest BCUT2D eigenvalue weighted by molar-refractivity contribution is 6.33. The number of rotatable bonds is 1. The summed E-state index contributed by atoms with van der Waals surface area (Å²) in [4.78, 5) is 13.5. The molecule has 7 heteroatoms. The van der Waals surface area contributed by atoms with Gasteiger partial charge >= 0.3 is 6.18 Å². The van der Waals surface area contributed by atoms with Crippen LogP contribution in [0.25, 0.3) is 0 Å². The summed E-state index contributed by atoms with van der Waals surface area (Å²) >= 11 is 5.75. The van der Waals surface area contributed by atoms with Crippen LogP contribution >= 0.6 is 11.6 Å². The number of likely N-dealkylation sites (tertiary alicyclic amines) is 1. The number of amides is 1. The lowest BCUT2D eigenvalue weighted by atomic mass is 9.93. The minimum absolute atomic E-state index is 0.0603. The van der Waals surface area contributed by atoms with Crippen molar-refractivity contribution in [2.75, 3.05) is 13.1 Å². The first-order valence-electron chi connectivity index (χ1n) is 5.55. The van der Waals surface area contributed by atoms with Crippen molar-refractivity contribution in [1.82, 2.24) is 4.90 Å². The molecule has 0 aromatic heterocycles. The maximum atomic E-state index is 12.5. The summed E-state index contributed by atoms with van der Waals surface area (Å²) < 4.78 is 37.4. The van der Waals surface area contributed by atoms with Crippen molar-refractivity contribution in [3.05, 3.63) is 34.3 Å². The summed E-state index contributed by atoms with van der Waals surface area (Å²) in [6.07, 6.45) is -4.47. The minimum atomic E-state index is -4.47. The van der Waals surface area contributed by atoms with Crippen molar-refractivity contribution >= 4 is 17.5 Å². The Labute approximate surface area is 113 Å². The maximum Gasteiger partial charge on any atom is 0.416 e. The predicted molar refractivity (Wildman–Crippen MR) is 64.9 cm³/mol.